The minimum Gasteiger partial charge on any atom is -0.425 e. The molecule has 4 nitrogen and oxygen atoms in total. The van der Waals surface area contributed by atoms with Gasteiger partial charge in [-0.25, -0.2) is 0 Å². The number of rotatable bonds is 6. The first-order valence-corrected chi connectivity index (χ1v) is 6.94. The van der Waals surface area contributed by atoms with E-state index in [-0.39, 0.29) is 10.8 Å². The molecule has 0 radical (unpaired) electrons. The monoisotopic (exact) mass is 251 g/mol. The maximum absolute atomic E-state index is 5.80. The van der Waals surface area contributed by atoms with Crippen LogP contribution in [0.5, 0.6) is 0 Å². The predicted molar refractivity (Wildman–Crippen MR) is 71.5 cm³/mol. The van der Waals surface area contributed by atoms with Gasteiger partial charge in [0, 0.05) is 18.9 Å². The lowest BCUT2D eigenvalue weighted by Crippen LogP contribution is -2.17. The van der Waals surface area contributed by atoms with Crippen molar-refractivity contribution in [3.8, 4) is 0 Å². The summed E-state index contributed by atoms with van der Waals surface area (Å²) < 4.78 is 5.80. The van der Waals surface area contributed by atoms with Crippen LogP contribution in [0.1, 0.15) is 58.7 Å². The fraction of sp³-hybridized carbons (Fsp3) is 0.857. The summed E-state index contributed by atoms with van der Waals surface area (Å²) in [5.41, 5.74) is 0.522. The molecular weight excluding hydrogens is 226 g/mol. The van der Waals surface area contributed by atoms with Crippen LogP contribution in [-0.2, 0) is 6.42 Å². The molecule has 0 aromatic carbocycles. The minimum absolute atomic E-state index is 0.261. The molecule has 102 valence electrons. The second-order valence-corrected chi connectivity index (χ2v) is 6.41. The molecule has 1 aliphatic carbocycles. The molecule has 0 unspecified atom stereocenters. The quantitative estimate of drug-likeness (QED) is 0.790. The van der Waals surface area contributed by atoms with Gasteiger partial charge in [-0.2, -0.15) is 0 Å². The van der Waals surface area contributed by atoms with E-state index in [0.717, 1.165) is 37.7 Å². The Balaban J connectivity index is 1.92. The maximum Gasteiger partial charge on any atom is 0.220 e. The van der Waals surface area contributed by atoms with Crippen molar-refractivity contribution in [1.82, 2.24) is 15.5 Å². The molecule has 1 aromatic heterocycles. The van der Waals surface area contributed by atoms with Crippen LogP contribution < -0.4 is 5.32 Å². The van der Waals surface area contributed by atoms with Crippen LogP contribution in [0.25, 0.3) is 0 Å². The van der Waals surface area contributed by atoms with Crippen molar-refractivity contribution >= 4 is 0 Å². The average molecular weight is 251 g/mol. The number of nitrogens with zero attached hydrogens (tertiary/aromatic N) is 2. The van der Waals surface area contributed by atoms with Crippen molar-refractivity contribution in [2.24, 2.45) is 10.8 Å². The predicted octanol–water partition coefficient (Wildman–Crippen LogP) is 2.76. The van der Waals surface area contributed by atoms with Crippen molar-refractivity contribution in [3.63, 3.8) is 0 Å². The summed E-state index contributed by atoms with van der Waals surface area (Å²) in [5.74, 6) is 1.97. The van der Waals surface area contributed by atoms with Crippen LogP contribution in [0.2, 0.25) is 0 Å². The van der Waals surface area contributed by atoms with Gasteiger partial charge in [-0.15, -0.1) is 10.2 Å². The van der Waals surface area contributed by atoms with E-state index in [1.807, 2.05) is 0 Å². The van der Waals surface area contributed by atoms with E-state index < -0.39 is 0 Å². The number of aromatic nitrogens is 2. The highest BCUT2D eigenvalue weighted by Crippen LogP contribution is 2.73. The van der Waals surface area contributed by atoms with E-state index in [4.69, 9.17) is 4.42 Å². The number of nitrogens with one attached hydrogen (secondary N) is 1. The van der Waals surface area contributed by atoms with Crippen molar-refractivity contribution < 1.29 is 4.42 Å². The van der Waals surface area contributed by atoms with E-state index >= 15 is 0 Å². The Bertz CT molecular complexity index is 395. The average Bonchev–Trinajstić information content (AvgIpc) is 2.66. The Morgan fingerprint density at radius 2 is 1.78 bits per heavy atom. The number of hydrogen-bond donors (Lipinski definition) is 1. The summed E-state index contributed by atoms with van der Waals surface area (Å²) in [5, 5.41) is 11.7. The highest BCUT2D eigenvalue weighted by atomic mass is 16.4. The van der Waals surface area contributed by atoms with E-state index in [1.54, 1.807) is 0 Å². The van der Waals surface area contributed by atoms with E-state index in [9.17, 15) is 0 Å². The zero-order valence-electron chi connectivity index (χ0n) is 12.2. The smallest absolute Gasteiger partial charge is 0.220 e. The minimum atomic E-state index is 0.261. The fourth-order valence-electron chi connectivity index (χ4n) is 2.80. The van der Waals surface area contributed by atoms with Gasteiger partial charge in [0.1, 0.15) is 0 Å². The van der Waals surface area contributed by atoms with Gasteiger partial charge in [-0.05, 0) is 23.8 Å². The molecule has 1 fully saturated rings. The van der Waals surface area contributed by atoms with Crippen molar-refractivity contribution in [3.05, 3.63) is 11.8 Å². The third-order valence-electron chi connectivity index (χ3n) is 4.69. The van der Waals surface area contributed by atoms with Crippen molar-refractivity contribution in [2.45, 2.75) is 53.4 Å². The molecular formula is C14H25N3O. The Morgan fingerprint density at radius 3 is 2.33 bits per heavy atom. The molecule has 4 heteroatoms. The lowest BCUT2D eigenvalue weighted by molar-refractivity contribution is 0.427. The standard InChI is InChI=1S/C14H25N3O/c1-6-8-15-9-7-10-16-17-12(18-10)11-13(2,3)14(11,4)5/h11,15H,6-9H2,1-5H3. The van der Waals surface area contributed by atoms with E-state index in [2.05, 4.69) is 50.1 Å². The van der Waals surface area contributed by atoms with Crippen molar-refractivity contribution in [2.75, 3.05) is 13.1 Å². The third kappa shape index (κ3) is 2.18. The molecule has 0 aliphatic heterocycles. The van der Waals surface area contributed by atoms with E-state index in [0.29, 0.717) is 5.92 Å². The Morgan fingerprint density at radius 1 is 1.11 bits per heavy atom. The molecule has 18 heavy (non-hydrogen) atoms. The van der Waals surface area contributed by atoms with Crippen LogP contribution in [0.3, 0.4) is 0 Å². The summed E-state index contributed by atoms with van der Waals surface area (Å²) >= 11 is 0. The molecule has 0 amide bonds. The first-order chi connectivity index (χ1) is 8.41. The Kier molecular flexibility index (Phi) is 3.49. The second kappa shape index (κ2) is 4.65. The van der Waals surface area contributed by atoms with Crippen molar-refractivity contribution in [1.29, 1.82) is 0 Å². The second-order valence-electron chi connectivity index (χ2n) is 6.41. The molecule has 0 atom stereocenters. The molecule has 1 heterocycles. The zero-order chi connectivity index (χ0) is 13.4. The van der Waals surface area contributed by atoms with Crippen LogP contribution in [-0.4, -0.2) is 23.3 Å². The van der Waals surface area contributed by atoms with Gasteiger partial charge < -0.3 is 9.73 Å². The largest absolute Gasteiger partial charge is 0.425 e. The van der Waals surface area contributed by atoms with Gasteiger partial charge in [0.05, 0.1) is 0 Å². The lowest BCUT2D eigenvalue weighted by Gasteiger charge is -2.03. The Labute approximate surface area is 110 Å². The molecule has 0 saturated heterocycles. The van der Waals surface area contributed by atoms with Gasteiger partial charge in [-0.1, -0.05) is 34.6 Å². The Hall–Kier alpha value is -0.900. The SMILES string of the molecule is CCCNCCc1nnc(C2C(C)(C)C2(C)C)o1. The molecule has 1 aliphatic rings. The topological polar surface area (TPSA) is 51.0 Å². The third-order valence-corrected chi connectivity index (χ3v) is 4.69. The molecule has 1 N–H and O–H groups in total. The van der Waals surface area contributed by atoms with Gasteiger partial charge in [-0.3, -0.25) is 0 Å². The molecule has 2 rings (SSSR count). The lowest BCUT2D eigenvalue weighted by atomic mass is 10.0. The van der Waals surface area contributed by atoms with Gasteiger partial charge in [0.15, 0.2) is 0 Å². The van der Waals surface area contributed by atoms with Gasteiger partial charge in [0.2, 0.25) is 11.8 Å². The maximum atomic E-state index is 5.80. The first-order valence-electron chi connectivity index (χ1n) is 6.94. The van der Waals surface area contributed by atoms with Crippen LogP contribution in [0, 0.1) is 10.8 Å². The molecule has 0 bridgehead atoms. The molecule has 1 aromatic rings. The highest BCUT2D eigenvalue weighted by molar-refractivity contribution is 5.24. The highest BCUT2D eigenvalue weighted by Gasteiger charge is 2.67. The van der Waals surface area contributed by atoms with Gasteiger partial charge >= 0.3 is 0 Å². The van der Waals surface area contributed by atoms with Crippen LogP contribution in [0.4, 0.5) is 0 Å². The fourth-order valence-corrected chi connectivity index (χ4v) is 2.80. The first kappa shape index (κ1) is 13.5. The summed E-state index contributed by atoms with van der Waals surface area (Å²) in [6, 6.07) is 0. The summed E-state index contributed by atoms with van der Waals surface area (Å²) in [6.07, 6.45) is 1.97. The number of hydrogen-bond acceptors (Lipinski definition) is 4. The zero-order valence-corrected chi connectivity index (χ0v) is 12.2. The summed E-state index contributed by atoms with van der Waals surface area (Å²) in [7, 11) is 0. The molecule has 0 spiro atoms. The van der Waals surface area contributed by atoms with Crippen LogP contribution in [0.15, 0.2) is 4.42 Å². The van der Waals surface area contributed by atoms with E-state index in [1.165, 1.54) is 0 Å². The van der Waals surface area contributed by atoms with Gasteiger partial charge in [0.25, 0.3) is 0 Å². The summed E-state index contributed by atoms with van der Waals surface area (Å²) in [4.78, 5) is 0. The molecule has 1 saturated carbocycles. The van der Waals surface area contributed by atoms with Crippen LogP contribution >= 0.6 is 0 Å². The normalized spacial score (nSPS) is 21.2. The summed E-state index contributed by atoms with van der Waals surface area (Å²) in [6.45, 7) is 13.2.